The van der Waals surface area contributed by atoms with E-state index in [4.69, 9.17) is 16.6 Å². The Morgan fingerprint density at radius 1 is 1.03 bits per heavy atom. The van der Waals surface area contributed by atoms with Gasteiger partial charge in [0.15, 0.2) is 5.78 Å². The molecule has 1 fully saturated rings. The van der Waals surface area contributed by atoms with Crippen LogP contribution in [0.4, 0.5) is 0 Å². The minimum absolute atomic E-state index is 0.0937. The van der Waals surface area contributed by atoms with Crippen LogP contribution in [0, 0.1) is 5.92 Å². The molecule has 1 saturated heterocycles. The number of ketones is 1. The lowest BCUT2D eigenvalue weighted by Crippen LogP contribution is -2.48. The van der Waals surface area contributed by atoms with Crippen LogP contribution in [0.1, 0.15) is 56.9 Å². The van der Waals surface area contributed by atoms with Crippen LogP contribution in [0.15, 0.2) is 42.5 Å². The number of benzene rings is 2. The Bertz CT molecular complexity index is 1190. The summed E-state index contributed by atoms with van der Waals surface area (Å²) in [5.74, 6) is -3.55. The molecule has 3 amide bonds. The molecule has 0 radical (unpaired) electrons. The molecule has 2 aromatic carbocycles. The number of carbonyl (C=O) groups excluding carboxylic acids is 4. The highest BCUT2D eigenvalue weighted by atomic mass is 16.4. The molecule has 0 aliphatic carbocycles. The van der Waals surface area contributed by atoms with Gasteiger partial charge in [0, 0.05) is 25.3 Å². The van der Waals surface area contributed by atoms with E-state index in [0.717, 1.165) is 16.3 Å². The van der Waals surface area contributed by atoms with Crippen LogP contribution >= 0.6 is 0 Å². The van der Waals surface area contributed by atoms with Gasteiger partial charge in [-0.3, -0.25) is 24.0 Å². The van der Waals surface area contributed by atoms with Gasteiger partial charge in [-0.15, -0.1) is 0 Å². The molecular weight excluding hydrogens is 500 g/mol. The number of aliphatic carboxylic acids is 1. The molecule has 1 heterocycles. The molecular formula is C29H38N4O6. The number of carboxylic acid groups (broad SMARTS) is 1. The number of likely N-dealkylation sites (tertiary alicyclic amines) is 1. The van der Waals surface area contributed by atoms with E-state index in [1.54, 1.807) is 4.90 Å². The molecule has 39 heavy (non-hydrogen) atoms. The van der Waals surface area contributed by atoms with Gasteiger partial charge >= 0.3 is 5.97 Å². The van der Waals surface area contributed by atoms with Crippen molar-refractivity contribution in [3.8, 4) is 0 Å². The van der Waals surface area contributed by atoms with Gasteiger partial charge in [0.25, 0.3) is 0 Å². The second kappa shape index (κ2) is 14.4. The second-order valence-corrected chi connectivity index (χ2v) is 10.1. The van der Waals surface area contributed by atoms with E-state index in [2.05, 4.69) is 5.32 Å². The molecule has 0 saturated carbocycles. The van der Waals surface area contributed by atoms with Crippen LogP contribution in [-0.2, 0) is 30.4 Å². The fourth-order valence-electron chi connectivity index (χ4n) is 5.19. The SMILES string of the molecule is NCCCC[C@H](CC(=O)[C@@H]1CCCN1C(=O)Cc1cccc2ccccc12)C(=O)N[C@@H](CCC(=O)O)C(N)=O. The first kappa shape index (κ1) is 29.8. The predicted molar refractivity (Wildman–Crippen MR) is 146 cm³/mol. The van der Waals surface area contributed by atoms with Crippen molar-refractivity contribution in [2.75, 3.05) is 13.1 Å². The van der Waals surface area contributed by atoms with Crippen LogP contribution in [0.5, 0.6) is 0 Å². The standard InChI is InChI=1S/C29H38N4O6/c30-15-4-3-8-21(29(39)32-23(28(31)38)13-14-27(36)37)17-25(34)24-12-6-16-33(24)26(35)18-20-10-5-9-19-7-1-2-11-22(19)20/h1-2,5,7,9-11,21,23-24H,3-4,6,8,12-18,30H2,(H2,31,38)(H,32,39)(H,36,37)/t21-,23+,24+/m1/s1. The van der Waals surface area contributed by atoms with E-state index in [1.165, 1.54) is 0 Å². The molecule has 0 aromatic heterocycles. The smallest absolute Gasteiger partial charge is 0.303 e. The van der Waals surface area contributed by atoms with Gasteiger partial charge in [-0.05, 0) is 55.0 Å². The van der Waals surface area contributed by atoms with Gasteiger partial charge in [0.2, 0.25) is 17.7 Å². The van der Waals surface area contributed by atoms with Crippen molar-refractivity contribution >= 4 is 40.2 Å². The summed E-state index contributed by atoms with van der Waals surface area (Å²) in [6.07, 6.45) is 2.47. The molecule has 1 aliphatic rings. The maximum atomic E-state index is 13.4. The number of hydrogen-bond acceptors (Lipinski definition) is 6. The van der Waals surface area contributed by atoms with E-state index >= 15 is 0 Å². The maximum Gasteiger partial charge on any atom is 0.303 e. The quantitative estimate of drug-likeness (QED) is 0.251. The van der Waals surface area contributed by atoms with Gasteiger partial charge < -0.3 is 26.8 Å². The summed E-state index contributed by atoms with van der Waals surface area (Å²) in [6, 6.07) is 11.9. The molecule has 10 nitrogen and oxygen atoms in total. The van der Waals surface area contributed by atoms with Crippen molar-refractivity contribution in [2.45, 2.75) is 69.9 Å². The summed E-state index contributed by atoms with van der Waals surface area (Å²) in [5.41, 5.74) is 11.9. The van der Waals surface area contributed by atoms with Crippen molar-refractivity contribution in [1.82, 2.24) is 10.2 Å². The fraction of sp³-hybridized carbons (Fsp3) is 0.483. The molecule has 3 atom stereocenters. The zero-order chi connectivity index (χ0) is 28.4. The Labute approximate surface area is 228 Å². The number of unbranched alkanes of at least 4 members (excludes halogenated alkanes) is 1. The number of hydrogen-bond donors (Lipinski definition) is 4. The Morgan fingerprint density at radius 2 is 1.77 bits per heavy atom. The van der Waals surface area contributed by atoms with Gasteiger partial charge in [0.1, 0.15) is 6.04 Å². The monoisotopic (exact) mass is 538 g/mol. The molecule has 10 heteroatoms. The van der Waals surface area contributed by atoms with Gasteiger partial charge in [-0.25, -0.2) is 0 Å². The summed E-state index contributed by atoms with van der Waals surface area (Å²) >= 11 is 0. The average Bonchev–Trinajstić information content (AvgIpc) is 3.41. The molecule has 2 aromatic rings. The number of carbonyl (C=O) groups is 5. The van der Waals surface area contributed by atoms with Gasteiger partial charge in [-0.1, -0.05) is 48.9 Å². The summed E-state index contributed by atoms with van der Waals surface area (Å²) in [7, 11) is 0. The van der Waals surface area contributed by atoms with Crippen molar-refractivity contribution in [1.29, 1.82) is 0 Å². The van der Waals surface area contributed by atoms with Crippen LogP contribution < -0.4 is 16.8 Å². The minimum atomic E-state index is -1.15. The van der Waals surface area contributed by atoms with Crippen molar-refractivity contribution < 1.29 is 29.1 Å². The lowest BCUT2D eigenvalue weighted by molar-refractivity contribution is -0.139. The van der Waals surface area contributed by atoms with Crippen LogP contribution in [-0.4, -0.2) is 64.7 Å². The van der Waals surface area contributed by atoms with Crippen molar-refractivity contribution in [3.63, 3.8) is 0 Å². The largest absolute Gasteiger partial charge is 0.481 e. The van der Waals surface area contributed by atoms with E-state index in [0.29, 0.717) is 45.2 Å². The molecule has 0 spiro atoms. The number of primary amides is 1. The Morgan fingerprint density at radius 3 is 2.49 bits per heavy atom. The normalized spacial score (nSPS) is 16.5. The number of Topliss-reactive ketones (excluding diaryl/α,β-unsaturated/α-hetero) is 1. The summed E-state index contributed by atoms with van der Waals surface area (Å²) in [4.78, 5) is 64.2. The van der Waals surface area contributed by atoms with Gasteiger partial charge in [-0.2, -0.15) is 0 Å². The number of nitrogens with two attached hydrogens (primary N) is 2. The predicted octanol–water partition coefficient (Wildman–Crippen LogP) is 1.91. The summed E-state index contributed by atoms with van der Waals surface area (Å²) in [6.45, 7) is 0.910. The highest BCUT2D eigenvalue weighted by molar-refractivity contribution is 5.95. The third-order valence-corrected chi connectivity index (χ3v) is 7.30. The van der Waals surface area contributed by atoms with Gasteiger partial charge in [0.05, 0.1) is 12.5 Å². The topological polar surface area (TPSA) is 173 Å². The van der Waals surface area contributed by atoms with E-state index in [-0.39, 0.29) is 37.4 Å². The second-order valence-electron chi connectivity index (χ2n) is 10.1. The third-order valence-electron chi connectivity index (χ3n) is 7.30. The molecule has 210 valence electrons. The molecule has 0 bridgehead atoms. The molecule has 3 rings (SSSR count). The first-order chi connectivity index (χ1) is 18.7. The van der Waals surface area contributed by atoms with E-state index < -0.39 is 35.8 Å². The lowest BCUT2D eigenvalue weighted by Gasteiger charge is -2.26. The number of fused-ring (bicyclic) bond motifs is 1. The van der Waals surface area contributed by atoms with Crippen LogP contribution in [0.25, 0.3) is 10.8 Å². The maximum absolute atomic E-state index is 13.4. The zero-order valence-corrected chi connectivity index (χ0v) is 22.1. The minimum Gasteiger partial charge on any atom is -0.481 e. The number of nitrogens with one attached hydrogen (secondary N) is 1. The van der Waals surface area contributed by atoms with E-state index in [1.807, 2.05) is 42.5 Å². The van der Waals surface area contributed by atoms with Crippen LogP contribution in [0.2, 0.25) is 0 Å². The molecule has 1 aliphatic heterocycles. The lowest BCUT2D eigenvalue weighted by atomic mass is 9.91. The number of rotatable bonds is 15. The average molecular weight is 539 g/mol. The first-order valence-corrected chi connectivity index (χ1v) is 13.5. The number of carboxylic acids is 1. The summed E-state index contributed by atoms with van der Waals surface area (Å²) in [5, 5.41) is 13.5. The Hall–Kier alpha value is -3.79. The third kappa shape index (κ3) is 8.35. The molecule has 6 N–H and O–H groups in total. The van der Waals surface area contributed by atoms with Crippen LogP contribution in [0.3, 0.4) is 0 Å². The van der Waals surface area contributed by atoms with Crippen molar-refractivity contribution in [2.24, 2.45) is 17.4 Å². The zero-order valence-electron chi connectivity index (χ0n) is 22.1. The first-order valence-electron chi connectivity index (χ1n) is 13.5. The number of nitrogens with zero attached hydrogens (tertiary/aromatic N) is 1. The Kier molecular flexibility index (Phi) is 11.0. The highest BCUT2D eigenvalue weighted by Crippen LogP contribution is 2.26. The summed E-state index contributed by atoms with van der Waals surface area (Å²) < 4.78 is 0. The highest BCUT2D eigenvalue weighted by Gasteiger charge is 2.36. The van der Waals surface area contributed by atoms with E-state index in [9.17, 15) is 24.0 Å². The Balaban J connectivity index is 1.69. The number of amides is 3. The fourth-order valence-corrected chi connectivity index (χ4v) is 5.19. The molecule has 0 unspecified atom stereocenters. The van der Waals surface area contributed by atoms with Crippen molar-refractivity contribution in [3.05, 3.63) is 48.0 Å².